The van der Waals surface area contributed by atoms with Crippen molar-refractivity contribution < 1.29 is 22.9 Å². The number of nitrogens with one attached hydrogen (secondary N) is 1. The second kappa shape index (κ2) is 4.92. The summed E-state index contributed by atoms with van der Waals surface area (Å²) in [7, 11) is 0. The number of H-pyrrole nitrogens is 1. The van der Waals surface area contributed by atoms with Gasteiger partial charge in [-0.3, -0.25) is 0 Å². The van der Waals surface area contributed by atoms with Crippen molar-refractivity contribution in [3.05, 3.63) is 54.6 Å². The van der Waals surface area contributed by atoms with Gasteiger partial charge in [-0.15, -0.1) is 0 Å². The van der Waals surface area contributed by atoms with Gasteiger partial charge in [0, 0.05) is 22.9 Å². The van der Waals surface area contributed by atoms with Crippen LogP contribution in [0.15, 0.2) is 54.6 Å². The summed E-state index contributed by atoms with van der Waals surface area (Å²) < 4.78 is 0. The number of fused-ring (bicyclic) bond motifs is 2. The van der Waals surface area contributed by atoms with E-state index in [0.29, 0.717) is 0 Å². The van der Waals surface area contributed by atoms with Crippen molar-refractivity contribution in [2.75, 3.05) is 0 Å². The largest absolute Gasteiger partial charge is 1.00 e. The van der Waals surface area contributed by atoms with Crippen LogP contribution in [0.3, 0.4) is 0 Å². The van der Waals surface area contributed by atoms with Gasteiger partial charge < -0.3 is 17.9 Å². The maximum atomic E-state index is 3.41. The normalized spacial score (nSPS) is 9.50. The monoisotopic (exact) mass is 233 g/mol. The SMILES string of the molecule is O.[Cl-].c1ccc2[nH+]c3ccccc3cc2c1. The molecular weight excluding hydrogens is 222 g/mol. The summed E-state index contributed by atoms with van der Waals surface area (Å²) in [6.45, 7) is 0. The Hall–Kier alpha value is -1.64. The first kappa shape index (κ1) is 12.4. The zero-order valence-corrected chi connectivity index (χ0v) is 9.33. The predicted octanol–water partition coefficient (Wildman–Crippen LogP) is -1.01. The van der Waals surface area contributed by atoms with Gasteiger partial charge in [-0.2, -0.15) is 0 Å². The maximum absolute atomic E-state index is 3.41. The van der Waals surface area contributed by atoms with Crippen molar-refractivity contribution in [2.24, 2.45) is 0 Å². The van der Waals surface area contributed by atoms with Crippen LogP contribution in [0.4, 0.5) is 0 Å². The molecule has 0 radical (unpaired) electrons. The van der Waals surface area contributed by atoms with E-state index in [-0.39, 0.29) is 17.9 Å². The first-order chi connectivity index (χ1) is 6.93. The van der Waals surface area contributed by atoms with Crippen LogP contribution in [0.1, 0.15) is 0 Å². The topological polar surface area (TPSA) is 45.6 Å². The Bertz CT molecular complexity index is 505. The molecule has 0 aliphatic rings. The molecule has 0 bridgehead atoms. The smallest absolute Gasteiger partial charge is 0.211 e. The van der Waals surface area contributed by atoms with Crippen LogP contribution in [0, 0.1) is 0 Å². The van der Waals surface area contributed by atoms with Gasteiger partial charge in [0.15, 0.2) is 0 Å². The summed E-state index contributed by atoms with van der Waals surface area (Å²) in [5, 5.41) is 2.51. The Kier molecular flexibility index (Phi) is 3.82. The van der Waals surface area contributed by atoms with Crippen molar-refractivity contribution in [2.45, 2.75) is 0 Å². The third-order valence-corrected chi connectivity index (χ3v) is 2.50. The molecule has 0 amide bonds. The molecule has 0 unspecified atom stereocenters. The molecule has 2 aromatic carbocycles. The second-order valence-electron chi connectivity index (χ2n) is 3.44. The molecular formula is C13H12ClNO. The van der Waals surface area contributed by atoms with E-state index >= 15 is 0 Å². The molecule has 16 heavy (non-hydrogen) atoms. The number of para-hydroxylation sites is 2. The number of hydrogen-bond donors (Lipinski definition) is 0. The molecule has 2 nitrogen and oxygen atoms in total. The first-order valence-corrected chi connectivity index (χ1v) is 4.73. The van der Waals surface area contributed by atoms with E-state index < -0.39 is 0 Å². The highest BCUT2D eigenvalue weighted by atomic mass is 35.5. The van der Waals surface area contributed by atoms with E-state index in [1.807, 2.05) is 12.1 Å². The van der Waals surface area contributed by atoms with Gasteiger partial charge in [-0.25, -0.2) is 4.98 Å². The van der Waals surface area contributed by atoms with Crippen LogP contribution < -0.4 is 17.4 Å². The lowest BCUT2D eigenvalue weighted by atomic mass is 10.1. The lowest BCUT2D eigenvalue weighted by Crippen LogP contribution is -3.00. The van der Waals surface area contributed by atoms with Crippen LogP contribution in [-0.2, 0) is 0 Å². The van der Waals surface area contributed by atoms with E-state index in [1.165, 1.54) is 21.8 Å². The fourth-order valence-electron chi connectivity index (χ4n) is 1.79. The summed E-state index contributed by atoms with van der Waals surface area (Å²) in [5.74, 6) is 0. The third kappa shape index (κ3) is 1.98. The Balaban J connectivity index is 0.000000640. The number of benzene rings is 2. The van der Waals surface area contributed by atoms with E-state index in [9.17, 15) is 0 Å². The molecule has 0 aliphatic carbocycles. The molecule has 0 aliphatic heterocycles. The number of rotatable bonds is 0. The minimum atomic E-state index is 0. The summed E-state index contributed by atoms with van der Waals surface area (Å²) in [6.07, 6.45) is 0. The summed E-state index contributed by atoms with van der Waals surface area (Å²) >= 11 is 0. The van der Waals surface area contributed by atoms with E-state index in [0.717, 1.165) is 0 Å². The quantitative estimate of drug-likeness (QED) is 0.447. The van der Waals surface area contributed by atoms with Gasteiger partial charge in [-0.1, -0.05) is 24.3 Å². The Morgan fingerprint density at radius 3 is 1.62 bits per heavy atom. The van der Waals surface area contributed by atoms with Crippen molar-refractivity contribution in [1.29, 1.82) is 0 Å². The van der Waals surface area contributed by atoms with Gasteiger partial charge in [0.05, 0.1) is 0 Å². The van der Waals surface area contributed by atoms with E-state index in [1.54, 1.807) is 0 Å². The van der Waals surface area contributed by atoms with Gasteiger partial charge in [0.1, 0.15) is 0 Å². The highest BCUT2D eigenvalue weighted by molar-refractivity contribution is 5.87. The van der Waals surface area contributed by atoms with Gasteiger partial charge in [0.2, 0.25) is 11.0 Å². The number of pyridine rings is 1. The van der Waals surface area contributed by atoms with Crippen molar-refractivity contribution >= 4 is 21.8 Å². The molecule has 0 saturated heterocycles. The standard InChI is InChI=1S/C13H9N.ClH.H2O/c1-3-7-12-10(5-1)9-11-6-2-4-8-13(11)14-12;;/h1-9H;1H;1H2. The van der Waals surface area contributed by atoms with Crippen LogP contribution in [0.2, 0.25) is 0 Å². The summed E-state index contributed by atoms with van der Waals surface area (Å²) in [5.41, 5.74) is 2.37. The molecule has 0 fully saturated rings. The number of aromatic nitrogens is 1. The Morgan fingerprint density at radius 1 is 0.688 bits per heavy atom. The molecule has 3 rings (SSSR count). The molecule has 0 spiro atoms. The summed E-state index contributed by atoms with van der Waals surface area (Å²) in [4.78, 5) is 3.41. The minimum Gasteiger partial charge on any atom is -1.00 e. The van der Waals surface area contributed by atoms with Crippen molar-refractivity contribution in [3.63, 3.8) is 0 Å². The highest BCUT2D eigenvalue weighted by Gasteiger charge is 2.02. The lowest BCUT2D eigenvalue weighted by Gasteiger charge is -1.94. The number of aromatic amines is 1. The Labute approximate surface area is 99.6 Å². The first-order valence-electron chi connectivity index (χ1n) is 4.73. The average molecular weight is 234 g/mol. The highest BCUT2D eigenvalue weighted by Crippen LogP contribution is 2.15. The zero-order valence-electron chi connectivity index (χ0n) is 8.57. The molecule has 3 N–H and O–H groups in total. The van der Waals surface area contributed by atoms with Crippen molar-refractivity contribution in [1.82, 2.24) is 0 Å². The molecule has 1 heterocycles. The van der Waals surface area contributed by atoms with Crippen LogP contribution >= 0.6 is 0 Å². The maximum Gasteiger partial charge on any atom is 0.211 e. The molecule has 3 heteroatoms. The minimum absolute atomic E-state index is 0. The summed E-state index contributed by atoms with van der Waals surface area (Å²) in [6, 6.07) is 18.9. The van der Waals surface area contributed by atoms with Crippen LogP contribution in [0.5, 0.6) is 0 Å². The average Bonchev–Trinajstić information content (AvgIpc) is 2.26. The van der Waals surface area contributed by atoms with Gasteiger partial charge in [0.25, 0.3) is 0 Å². The zero-order chi connectivity index (χ0) is 9.38. The Morgan fingerprint density at radius 2 is 1.12 bits per heavy atom. The van der Waals surface area contributed by atoms with Crippen molar-refractivity contribution in [3.8, 4) is 0 Å². The fraction of sp³-hybridized carbons (Fsp3) is 0. The predicted molar refractivity (Wildman–Crippen MR) is 61.6 cm³/mol. The van der Waals surface area contributed by atoms with E-state index in [2.05, 4.69) is 47.4 Å². The van der Waals surface area contributed by atoms with E-state index in [4.69, 9.17) is 0 Å². The van der Waals surface area contributed by atoms with Gasteiger partial charge in [-0.05, 0) is 18.2 Å². The molecule has 0 atom stereocenters. The van der Waals surface area contributed by atoms with Crippen LogP contribution in [0.25, 0.3) is 21.8 Å². The van der Waals surface area contributed by atoms with Gasteiger partial charge >= 0.3 is 0 Å². The molecule has 3 aromatic rings. The number of hydrogen-bond acceptors (Lipinski definition) is 0. The number of halogens is 1. The molecule has 0 saturated carbocycles. The fourth-order valence-corrected chi connectivity index (χ4v) is 1.79. The van der Waals surface area contributed by atoms with Crippen LogP contribution in [-0.4, -0.2) is 5.48 Å². The molecule has 1 aromatic heterocycles. The third-order valence-electron chi connectivity index (χ3n) is 2.50. The molecule has 82 valence electrons. The lowest BCUT2D eigenvalue weighted by molar-refractivity contribution is -0.310. The second-order valence-corrected chi connectivity index (χ2v) is 3.44.